The van der Waals surface area contributed by atoms with E-state index in [1.54, 1.807) is 24.4 Å². The molecule has 1 unspecified atom stereocenters. The van der Waals surface area contributed by atoms with Gasteiger partial charge in [0.15, 0.2) is 5.82 Å². The van der Waals surface area contributed by atoms with Crippen molar-refractivity contribution in [2.24, 2.45) is 0 Å². The number of hydrogen-bond donors (Lipinski definition) is 0. The molecule has 0 aliphatic carbocycles. The number of fused-ring (bicyclic) bond motifs is 1. The van der Waals surface area contributed by atoms with Crippen molar-refractivity contribution >= 4 is 17.4 Å². The van der Waals surface area contributed by atoms with E-state index in [0.29, 0.717) is 6.42 Å². The zero-order chi connectivity index (χ0) is 17.8. The number of carbonyl (C=O) groups is 1. The highest BCUT2D eigenvalue weighted by Gasteiger charge is 2.38. The average Bonchev–Trinajstić information content (AvgIpc) is 2.94. The summed E-state index contributed by atoms with van der Waals surface area (Å²) in [6.45, 7) is 2.13. The van der Waals surface area contributed by atoms with E-state index in [2.05, 4.69) is 16.9 Å². The number of aromatic nitrogens is 3. The summed E-state index contributed by atoms with van der Waals surface area (Å²) in [5.41, 5.74) is 2.37. The number of nitrogens with zero attached hydrogens (tertiary/aromatic N) is 5. The van der Waals surface area contributed by atoms with Gasteiger partial charge >= 0.3 is 0 Å². The zero-order valence-corrected chi connectivity index (χ0v) is 14.8. The lowest BCUT2D eigenvalue weighted by atomic mass is 10.2. The first-order valence-corrected chi connectivity index (χ1v) is 8.51. The molecule has 7 nitrogen and oxygen atoms in total. The molecule has 0 aromatic carbocycles. The lowest BCUT2D eigenvalue weighted by molar-refractivity contribution is -0.120. The van der Waals surface area contributed by atoms with Crippen molar-refractivity contribution in [2.45, 2.75) is 39.0 Å². The molecule has 0 fully saturated rings. The Labute approximate surface area is 147 Å². The Morgan fingerprint density at radius 1 is 1.24 bits per heavy atom. The molecule has 2 aromatic rings. The van der Waals surface area contributed by atoms with Crippen LogP contribution in [0.3, 0.4) is 0 Å². The van der Waals surface area contributed by atoms with Crippen LogP contribution in [0, 0.1) is 0 Å². The molecule has 0 radical (unpaired) electrons. The number of methoxy groups -OCH3 is 1. The second kappa shape index (κ2) is 7.57. The first kappa shape index (κ1) is 17.3. The Kier molecular flexibility index (Phi) is 5.23. The van der Waals surface area contributed by atoms with E-state index in [0.717, 1.165) is 42.0 Å². The van der Waals surface area contributed by atoms with Gasteiger partial charge in [-0.3, -0.25) is 9.69 Å². The second-order valence-corrected chi connectivity index (χ2v) is 6.06. The summed E-state index contributed by atoms with van der Waals surface area (Å²) < 4.78 is 5.56. The fourth-order valence-corrected chi connectivity index (χ4v) is 3.05. The van der Waals surface area contributed by atoms with Crippen molar-refractivity contribution in [2.75, 3.05) is 24.0 Å². The monoisotopic (exact) mass is 341 g/mol. The third-order valence-electron chi connectivity index (χ3n) is 4.33. The molecule has 1 aliphatic rings. The van der Waals surface area contributed by atoms with Gasteiger partial charge < -0.3 is 9.64 Å². The van der Waals surface area contributed by atoms with E-state index in [-0.39, 0.29) is 5.91 Å². The van der Waals surface area contributed by atoms with Crippen LogP contribution in [0.15, 0.2) is 30.9 Å². The number of hydrogen-bond acceptors (Lipinski definition) is 6. The minimum absolute atomic E-state index is 0.0588. The van der Waals surface area contributed by atoms with Gasteiger partial charge in [-0.05, 0) is 18.6 Å². The molecule has 7 heteroatoms. The summed E-state index contributed by atoms with van der Waals surface area (Å²) in [6, 6.07) is 3.80. The van der Waals surface area contributed by atoms with E-state index in [4.69, 9.17) is 9.72 Å². The Morgan fingerprint density at radius 2 is 2.00 bits per heavy atom. The lowest BCUT2D eigenvalue weighted by Gasteiger charge is -2.27. The van der Waals surface area contributed by atoms with Gasteiger partial charge in [-0.25, -0.2) is 15.0 Å². The number of unbranched alkanes of at least 4 members (excludes halogenated alkanes) is 2. The third-order valence-corrected chi connectivity index (χ3v) is 4.33. The lowest BCUT2D eigenvalue weighted by Crippen LogP contribution is -2.46. The number of anilines is 2. The first-order chi connectivity index (χ1) is 12.2. The highest BCUT2D eigenvalue weighted by Crippen LogP contribution is 2.39. The van der Waals surface area contributed by atoms with E-state index in [1.807, 2.05) is 24.1 Å². The highest BCUT2D eigenvalue weighted by molar-refractivity contribution is 5.99. The Bertz CT molecular complexity index is 738. The van der Waals surface area contributed by atoms with Gasteiger partial charge in [0, 0.05) is 38.5 Å². The van der Waals surface area contributed by atoms with Crippen LogP contribution in [0.1, 0.15) is 32.6 Å². The van der Waals surface area contributed by atoms with Crippen LogP contribution in [0.4, 0.5) is 11.5 Å². The van der Waals surface area contributed by atoms with Crippen LogP contribution >= 0.6 is 0 Å². The standard InChI is InChI=1S/C18H23N5O2/c1-4-5-6-7-16(24)23-15-9-8-14(13-10-19-12-20-11-13)21-17(15)22(2)18(23)25-3/h8-12,18H,4-7H2,1-3H3. The van der Waals surface area contributed by atoms with Gasteiger partial charge in [0.1, 0.15) is 6.33 Å². The predicted octanol–water partition coefficient (Wildman–Crippen LogP) is 2.83. The van der Waals surface area contributed by atoms with Crippen LogP contribution in [0.25, 0.3) is 11.3 Å². The zero-order valence-electron chi connectivity index (χ0n) is 14.8. The summed E-state index contributed by atoms with van der Waals surface area (Å²) in [6.07, 6.45) is 7.98. The van der Waals surface area contributed by atoms with E-state index in [9.17, 15) is 4.79 Å². The number of carbonyl (C=O) groups excluding carboxylic acids is 1. The van der Waals surface area contributed by atoms with Crippen molar-refractivity contribution < 1.29 is 9.53 Å². The second-order valence-electron chi connectivity index (χ2n) is 6.06. The summed E-state index contributed by atoms with van der Waals surface area (Å²) in [7, 11) is 3.48. The maximum Gasteiger partial charge on any atom is 0.230 e. The minimum atomic E-state index is -0.473. The van der Waals surface area contributed by atoms with Gasteiger partial charge in [-0.1, -0.05) is 19.8 Å². The Balaban J connectivity index is 1.92. The molecule has 25 heavy (non-hydrogen) atoms. The molecule has 0 saturated carbocycles. The molecule has 0 spiro atoms. The van der Waals surface area contributed by atoms with E-state index >= 15 is 0 Å². The highest BCUT2D eigenvalue weighted by atomic mass is 16.5. The summed E-state index contributed by atoms with van der Waals surface area (Å²) >= 11 is 0. The van der Waals surface area contributed by atoms with E-state index in [1.165, 1.54) is 6.33 Å². The molecule has 3 rings (SSSR count). The normalized spacial score (nSPS) is 16.2. The minimum Gasteiger partial charge on any atom is -0.343 e. The molecule has 0 bridgehead atoms. The summed E-state index contributed by atoms with van der Waals surface area (Å²) in [5, 5.41) is 0. The van der Waals surface area contributed by atoms with Crippen LogP contribution in [0.5, 0.6) is 0 Å². The smallest absolute Gasteiger partial charge is 0.230 e. The van der Waals surface area contributed by atoms with Gasteiger partial charge in [-0.2, -0.15) is 0 Å². The number of ether oxygens (including phenoxy) is 1. The first-order valence-electron chi connectivity index (χ1n) is 8.51. The Hall–Kier alpha value is -2.54. The SMILES string of the molecule is CCCCCC(=O)N1c2ccc(-c3cncnc3)nc2N(C)C1OC. The van der Waals surface area contributed by atoms with Gasteiger partial charge in [0.05, 0.1) is 11.4 Å². The fourth-order valence-electron chi connectivity index (χ4n) is 3.05. The topological polar surface area (TPSA) is 71.5 Å². The maximum absolute atomic E-state index is 12.7. The molecule has 1 atom stereocenters. The third kappa shape index (κ3) is 3.32. The molecule has 3 heterocycles. The summed E-state index contributed by atoms with van der Waals surface area (Å²) in [5.74, 6) is 0.778. The summed E-state index contributed by atoms with van der Waals surface area (Å²) in [4.78, 5) is 29.1. The van der Waals surface area contributed by atoms with Crippen LogP contribution in [-0.2, 0) is 9.53 Å². The molecule has 2 aromatic heterocycles. The fraction of sp³-hybridized carbons (Fsp3) is 0.444. The van der Waals surface area contributed by atoms with Gasteiger partial charge in [-0.15, -0.1) is 0 Å². The van der Waals surface area contributed by atoms with Crippen LogP contribution < -0.4 is 9.80 Å². The molecule has 0 N–H and O–H groups in total. The molecular weight excluding hydrogens is 318 g/mol. The molecule has 132 valence electrons. The molecule has 0 saturated heterocycles. The van der Waals surface area contributed by atoms with Crippen molar-refractivity contribution in [1.82, 2.24) is 15.0 Å². The van der Waals surface area contributed by atoms with Crippen molar-refractivity contribution in [3.8, 4) is 11.3 Å². The number of rotatable bonds is 6. The maximum atomic E-state index is 12.7. The molecule has 1 aliphatic heterocycles. The van der Waals surface area contributed by atoms with Gasteiger partial charge in [0.25, 0.3) is 0 Å². The predicted molar refractivity (Wildman–Crippen MR) is 96.1 cm³/mol. The largest absolute Gasteiger partial charge is 0.343 e. The molecular formula is C18H23N5O2. The van der Waals surface area contributed by atoms with Crippen molar-refractivity contribution in [3.63, 3.8) is 0 Å². The van der Waals surface area contributed by atoms with Crippen molar-refractivity contribution in [1.29, 1.82) is 0 Å². The van der Waals surface area contributed by atoms with E-state index < -0.39 is 6.35 Å². The van der Waals surface area contributed by atoms with Crippen molar-refractivity contribution in [3.05, 3.63) is 30.9 Å². The van der Waals surface area contributed by atoms with Crippen LogP contribution in [0.2, 0.25) is 0 Å². The quantitative estimate of drug-likeness (QED) is 0.753. The number of pyridine rings is 1. The average molecular weight is 341 g/mol. The van der Waals surface area contributed by atoms with Gasteiger partial charge in [0.2, 0.25) is 12.3 Å². The Morgan fingerprint density at radius 3 is 2.68 bits per heavy atom. The number of amides is 1. The van der Waals surface area contributed by atoms with Crippen LogP contribution in [-0.4, -0.2) is 41.4 Å². The molecule has 1 amide bonds.